The predicted molar refractivity (Wildman–Crippen MR) is 144 cm³/mol. The first-order chi connectivity index (χ1) is 18.0. The van der Waals surface area contributed by atoms with E-state index in [-0.39, 0.29) is 41.8 Å². The van der Waals surface area contributed by atoms with Crippen LogP contribution in [0.1, 0.15) is 90.1 Å². The van der Waals surface area contributed by atoms with Gasteiger partial charge in [0.15, 0.2) is 5.89 Å². The van der Waals surface area contributed by atoms with Crippen LogP contribution in [0.15, 0.2) is 28.9 Å². The fraction of sp³-hybridized carbons (Fsp3) is 0.700. The Morgan fingerprint density at radius 1 is 1.26 bits per heavy atom. The largest absolute Gasteiger partial charge is 0.449 e. The number of ether oxygens (including phenoxy) is 1. The maximum atomic E-state index is 13.8. The Morgan fingerprint density at radius 3 is 2.61 bits per heavy atom. The first kappa shape index (κ1) is 28.7. The van der Waals surface area contributed by atoms with Gasteiger partial charge in [0.1, 0.15) is 17.7 Å². The summed E-state index contributed by atoms with van der Waals surface area (Å²) in [4.78, 5) is 31.5. The second-order valence-electron chi connectivity index (χ2n) is 12.0. The molecule has 38 heavy (non-hydrogen) atoms. The molecule has 3 aliphatic rings. The van der Waals surface area contributed by atoms with Crippen molar-refractivity contribution in [1.29, 1.82) is 0 Å². The van der Waals surface area contributed by atoms with Crippen molar-refractivity contribution in [3.8, 4) is 0 Å². The lowest BCUT2D eigenvalue weighted by atomic mass is 9.58. The van der Waals surface area contributed by atoms with E-state index >= 15 is 0 Å². The lowest BCUT2D eigenvalue weighted by molar-refractivity contribution is -0.155. The second kappa shape index (κ2) is 11.4. The Balaban J connectivity index is 1.60. The smallest absolute Gasteiger partial charge is 0.223 e. The molecule has 1 spiro atoms. The highest BCUT2D eigenvalue weighted by molar-refractivity contribution is 5.90. The number of hydrogen-bond donors (Lipinski definition) is 3. The topological polar surface area (TPSA) is 125 Å². The van der Waals surface area contributed by atoms with Crippen LogP contribution in [0.25, 0.3) is 6.08 Å². The number of allylic oxidation sites excluding steroid dienone is 1. The van der Waals surface area contributed by atoms with Crippen molar-refractivity contribution < 1.29 is 29.0 Å². The maximum absolute atomic E-state index is 13.8. The molecule has 8 heteroatoms. The lowest BCUT2D eigenvalue weighted by Crippen LogP contribution is -2.54. The monoisotopic (exact) mass is 528 g/mol. The number of aromatic nitrogens is 1. The molecule has 7 unspecified atom stereocenters. The first-order valence-electron chi connectivity index (χ1n) is 14.1. The number of aliphatic hydroxyl groups excluding tert-OH is 2. The number of aliphatic hydroxyl groups is 2. The Morgan fingerprint density at radius 2 is 2.00 bits per heavy atom. The van der Waals surface area contributed by atoms with E-state index in [0.717, 1.165) is 31.3 Å². The fourth-order valence-electron chi connectivity index (χ4n) is 6.38. The summed E-state index contributed by atoms with van der Waals surface area (Å²) in [7, 11) is 0. The second-order valence-corrected chi connectivity index (χ2v) is 12.0. The Kier molecular flexibility index (Phi) is 8.65. The quantitative estimate of drug-likeness (QED) is 0.393. The van der Waals surface area contributed by atoms with E-state index in [9.17, 15) is 19.8 Å². The Hall–Kier alpha value is -2.29. The molecule has 0 radical (unpaired) electrons. The molecule has 1 amide bonds. The number of nitrogens with zero attached hydrogens (tertiary/aromatic N) is 1. The summed E-state index contributed by atoms with van der Waals surface area (Å²) in [5.41, 5.74) is 0.305. The molecule has 1 saturated carbocycles. The maximum Gasteiger partial charge on any atom is 0.223 e. The highest BCUT2D eigenvalue weighted by Crippen LogP contribution is 2.49. The average molecular weight is 529 g/mol. The van der Waals surface area contributed by atoms with Crippen molar-refractivity contribution in [2.45, 2.75) is 115 Å². The highest BCUT2D eigenvalue weighted by Gasteiger charge is 2.54. The van der Waals surface area contributed by atoms with Crippen LogP contribution in [0.3, 0.4) is 0 Å². The summed E-state index contributed by atoms with van der Waals surface area (Å²) < 4.78 is 11.5. The number of nitrogens with one attached hydrogen (secondary N) is 1. The van der Waals surface area contributed by atoms with Crippen LogP contribution in [0.2, 0.25) is 0 Å². The zero-order valence-corrected chi connectivity index (χ0v) is 23.2. The van der Waals surface area contributed by atoms with Gasteiger partial charge in [-0.1, -0.05) is 25.8 Å². The summed E-state index contributed by atoms with van der Waals surface area (Å²) in [6.07, 6.45) is 8.30. The Labute approximate surface area is 225 Å². The van der Waals surface area contributed by atoms with Gasteiger partial charge in [-0.05, 0) is 63.5 Å². The first-order valence-corrected chi connectivity index (χ1v) is 14.1. The number of aryl methyl sites for hydroxylation is 1. The number of carbonyl (C=O) groups excluding carboxylic acids is 2. The third kappa shape index (κ3) is 5.97. The zero-order chi connectivity index (χ0) is 27.7. The fourth-order valence-corrected chi connectivity index (χ4v) is 6.38. The van der Waals surface area contributed by atoms with Crippen LogP contribution in [-0.2, 0) is 14.3 Å². The molecular weight excluding hydrogens is 484 g/mol. The minimum atomic E-state index is -1.11. The van der Waals surface area contributed by atoms with Gasteiger partial charge in [-0.25, -0.2) is 4.98 Å². The van der Waals surface area contributed by atoms with E-state index in [1.807, 2.05) is 19.9 Å². The van der Waals surface area contributed by atoms with Crippen LogP contribution in [0, 0.1) is 24.2 Å². The van der Waals surface area contributed by atoms with E-state index in [1.165, 1.54) is 0 Å². The SMILES string of the molecule is C=CCC1C(=O)C2(CCC2)C(O)CC(=O)NC(/C(C)=C/c2coc(C)n2)CC2OC2(C)CCCC(C)C1O. The number of amides is 1. The Bertz CT molecular complexity index is 1060. The van der Waals surface area contributed by atoms with Crippen molar-refractivity contribution in [2.75, 3.05) is 0 Å². The average Bonchev–Trinajstić information content (AvgIpc) is 3.26. The molecule has 0 bridgehead atoms. The van der Waals surface area contributed by atoms with Crippen LogP contribution >= 0.6 is 0 Å². The van der Waals surface area contributed by atoms with Gasteiger partial charge in [0.05, 0.1) is 41.8 Å². The number of fused-ring (bicyclic) bond motifs is 1. The van der Waals surface area contributed by atoms with Gasteiger partial charge >= 0.3 is 0 Å². The molecule has 0 aromatic carbocycles. The van der Waals surface area contributed by atoms with Gasteiger partial charge in [0.25, 0.3) is 0 Å². The molecule has 2 saturated heterocycles. The van der Waals surface area contributed by atoms with Gasteiger partial charge in [0.2, 0.25) is 5.91 Å². The van der Waals surface area contributed by atoms with Gasteiger partial charge in [-0.3, -0.25) is 9.59 Å². The summed E-state index contributed by atoms with van der Waals surface area (Å²) in [5, 5.41) is 25.6. The number of oxazole rings is 1. The predicted octanol–water partition coefficient (Wildman–Crippen LogP) is 4.28. The minimum absolute atomic E-state index is 0.0127. The molecule has 1 aromatic rings. The third-order valence-electron chi connectivity index (χ3n) is 9.22. The summed E-state index contributed by atoms with van der Waals surface area (Å²) in [5.74, 6) is -0.607. The van der Waals surface area contributed by atoms with Gasteiger partial charge in [-0.15, -0.1) is 6.58 Å². The van der Waals surface area contributed by atoms with Crippen molar-refractivity contribution >= 4 is 17.8 Å². The van der Waals surface area contributed by atoms with E-state index in [1.54, 1.807) is 19.3 Å². The van der Waals surface area contributed by atoms with Crippen LogP contribution in [0.5, 0.6) is 0 Å². The molecule has 1 aromatic heterocycles. The molecule has 1 aliphatic carbocycles. The molecule has 4 rings (SSSR count). The van der Waals surface area contributed by atoms with Gasteiger partial charge < -0.3 is 24.7 Å². The number of carbonyl (C=O) groups is 2. The van der Waals surface area contributed by atoms with Gasteiger partial charge in [0, 0.05) is 19.3 Å². The number of epoxide rings is 1. The molecule has 210 valence electrons. The molecular formula is C30H44N2O6. The van der Waals surface area contributed by atoms with Crippen molar-refractivity contribution in [3.63, 3.8) is 0 Å². The standard InChI is InChI=1S/C30H44N2O6/c1-6-9-22-27(35)18(2)10-7-11-29(5)25(38-29)15-23(19(3)14-21-17-37-20(4)31-21)32-26(34)16-24(33)30(28(22)36)12-8-13-30/h6,14,17-18,22-25,27,33,35H,1,7-13,15-16H2,2-5H3,(H,32,34)/b19-14+. The van der Waals surface area contributed by atoms with E-state index < -0.39 is 23.5 Å². The molecule has 3 N–H and O–H groups in total. The number of Topliss-reactive ketones (excluding diaryl/α,β-unsaturated/α-hetero) is 1. The highest BCUT2D eigenvalue weighted by atomic mass is 16.6. The van der Waals surface area contributed by atoms with E-state index in [4.69, 9.17) is 9.15 Å². The molecule has 2 aliphatic heterocycles. The van der Waals surface area contributed by atoms with Gasteiger partial charge in [-0.2, -0.15) is 0 Å². The number of hydrogen-bond acceptors (Lipinski definition) is 7. The van der Waals surface area contributed by atoms with E-state index in [0.29, 0.717) is 37.3 Å². The number of rotatable bonds is 4. The van der Waals surface area contributed by atoms with Crippen LogP contribution in [-0.4, -0.2) is 56.8 Å². The molecule has 7 atom stereocenters. The van der Waals surface area contributed by atoms with Crippen LogP contribution in [0.4, 0.5) is 0 Å². The molecule has 8 nitrogen and oxygen atoms in total. The van der Waals surface area contributed by atoms with Crippen LogP contribution < -0.4 is 5.32 Å². The van der Waals surface area contributed by atoms with E-state index in [2.05, 4.69) is 23.8 Å². The number of ketones is 1. The lowest BCUT2D eigenvalue weighted by Gasteiger charge is -2.46. The molecule has 3 heterocycles. The van der Waals surface area contributed by atoms with Crippen molar-refractivity contribution in [3.05, 3.63) is 36.1 Å². The molecule has 3 fully saturated rings. The minimum Gasteiger partial charge on any atom is -0.449 e. The summed E-state index contributed by atoms with van der Waals surface area (Å²) >= 11 is 0. The zero-order valence-electron chi connectivity index (χ0n) is 23.2. The van der Waals surface area contributed by atoms with Crippen molar-refractivity contribution in [1.82, 2.24) is 10.3 Å². The summed E-state index contributed by atoms with van der Waals surface area (Å²) in [6, 6.07) is -0.311. The summed E-state index contributed by atoms with van der Waals surface area (Å²) in [6.45, 7) is 11.6. The van der Waals surface area contributed by atoms with Crippen molar-refractivity contribution in [2.24, 2.45) is 17.3 Å². The third-order valence-corrected chi connectivity index (χ3v) is 9.22. The normalized spacial score (nSPS) is 36.7.